The smallest absolute Gasteiger partial charge is 0.140 e. The van der Waals surface area contributed by atoms with E-state index in [4.69, 9.17) is 11.6 Å². The maximum Gasteiger partial charge on any atom is 0.140 e. The minimum atomic E-state index is 0.225. The number of aromatic nitrogens is 1. The number of anilines is 1. The molecule has 2 atom stereocenters. The molecule has 0 radical (unpaired) electrons. The van der Waals surface area contributed by atoms with Gasteiger partial charge in [-0.25, -0.2) is 4.98 Å². The van der Waals surface area contributed by atoms with Gasteiger partial charge < -0.3 is 5.32 Å². The average molecular weight is 304 g/mol. The van der Waals surface area contributed by atoms with Crippen LogP contribution in [0, 0.1) is 6.92 Å². The molecule has 1 aromatic heterocycles. The Labute approximate surface area is 110 Å². The first kappa shape index (κ1) is 12.2. The molecule has 2 unspecified atom stereocenters. The lowest BCUT2D eigenvalue weighted by atomic mass is 9.95. The van der Waals surface area contributed by atoms with Crippen LogP contribution in [0.25, 0.3) is 0 Å². The summed E-state index contributed by atoms with van der Waals surface area (Å²) in [5, 5.41) is 3.67. The van der Waals surface area contributed by atoms with Gasteiger partial charge in [0.1, 0.15) is 5.82 Å². The highest BCUT2D eigenvalue weighted by Gasteiger charge is 2.23. The fourth-order valence-corrected chi connectivity index (χ4v) is 2.76. The second kappa shape index (κ2) is 5.37. The van der Waals surface area contributed by atoms with E-state index in [1.807, 2.05) is 12.3 Å². The van der Waals surface area contributed by atoms with Crippen molar-refractivity contribution in [3.8, 4) is 0 Å². The van der Waals surface area contributed by atoms with Crippen LogP contribution in [0.3, 0.4) is 0 Å². The number of aryl methyl sites for hydroxylation is 1. The van der Waals surface area contributed by atoms with E-state index in [-0.39, 0.29) is 5.38 Å². The van der Waals surface area contributed by atoms with Crippen molar-refractivity contribution < 1.29 is 0 Å². The zero-order valence-electron chi connectivity index (χ0n) is 9.34. The summed E-state index contributed by atoms with van der Waals surface area (Å²) in [5.74, 6) is 0.914. The van der Waals surface area contributed by atoms with Crippen molar-refractivity contribution >= 4 is 33.3 Å². The molecule has 88 valence electrons. The van der Waals surface area contributed by atoms with Gasteiger partial charge in [-0.15, -0.1) is 11.6 Å². The first-order chi connectivity index (χ1) is 7.68. The number of pyridine rings is 1. The van der Waals surface area contributed by atoms with Crippen molar-refractivity contribution in [1.82, 2.24) is 4.98 Å². The standard InChI is InChI=1S/C12H16BrClN2/c1-8-6-7-15-12(11(8)13)16-10-5-3-2-4-9(10)14/h6-7,9-10H,2-5H2,1H3,(H,15,16). The molecule has 0 bridgehead atoms. The van der Waals surface area contributed by atoms with Crippen LogP contribution in [0.2, 0.25) is 0 Å². The lowest BCUT2D eigenvalue weighted by Gasteiger charge is -2.28. The Morgan fingerprint density at radius 1 is 1.44 bits per heavy atom. The topological polar surface area (TPSA) is 24.9 Å². The first-order valence-corrected chi connectivity index (χ1v) is 6.93. The van der Waals surface area contributed by atoms with Crippen LogP contribution in [0.15, 0.2) is 16.7 Å². The van der Waals surface area contributed by atoms with E-state index in [1.165, 1.54) is 18.4 Å². The Balaban J connectivity index is 2.10. The maximum absolute atomic E-state index is 6.32. The van der Waals surface area contributed by atoms with Crippen molar-refractivity contribution in [3.05, 3.63) is 22.3 Å². The van der Waals surface area contributed by atoms with Crippen molar-refractivity contribution in [2.24, 2.45) is 0 Å². The highest BCUT2D eigenvalue weighted by Crippen LogP contribution is 2.29. The quantitative estimate of drug-likeness (QED) is 0.832. The van der Waals surface area contributed by atoms with Crippen LogP contribution in [0.4, 0.5) is 5.82 Å². The van der Waals surface area contributed by atoms with E-state index < -0.39 is 0 Å². The van der Waals surface area contributed by atoms with E-state index in [0.29, 0.717) is 6.04 Å². The maximum atomic E-state index is 6.32. The average Bonchev–Trinajstić information content (AvgIpc) is 2.28. The minimum absolute atomic E-state index is 0.225. The summed E-state index contributed by atoms with van der Waals surface area (Å²) >= 11 is 9.88. The summed E-state index contributed by atoms with van der Waals surface area (Å²) in [6, 6.07) is 2.34. The van der Waals surface area contributed by atoms with Crippen molar-refractivity contribution in [2.75, 3.05) is 5.32 Å². The third-order valence-corrected chi connectivity index (χ3v) is 4.61. The molecule has 1 N–H and O–H groups in total. The van der Waals surface area contributed by atoms with Gasteiger partial charge in [0.25, 0.3) is 0 Å². The largest absolute Gasteiger partial charge is 0.365 e. The van der Waals surface area contributed by atoms with Crippen LogP contribution >= 0.6 is 27.5 Å². The Kier molecular flexibility index (Phi) is 4.09. The Morgan fingerprint density at radius 2 is 2.19 bits per heavy atom. The highest BCUT2D eigenvalue weighted by molar-refractivity contribution is 9.10. The fraction of sp³-hybridized carbons (Fsp3) is 0.583. The van der Waals surface area contributed by atoms with Crippen LogP contribution in [-0.4, -0.2) is 16.4 Å². The summed E-state index contributed by atoms with van der Waals surface area (Å²) < 4.78 is 1.05. The number of halogens is 2. The van der Waals surface area contributed by atoms with Gasteiger partial charge in [-0.1, -0.05) is 12.8 Å². The Morgan fingerprint density at radius 3 is 2.94 bits per heavy atom. The monoisotopic (exact) mass is 302 g/mol. The third-order valence-electron chi connectivity index (χ3n) is 3.09. The van der Waals surface area contributed by atoms with E-state index in [0.717, 1.165) is 23.1 Å². The van der Waals surface area contributed by atoms with Crippen molar-refractivity contribution in [3.63, 3.8) is 0 Å². The number of nitrogens with zero attached hydrogens (tertiary/aromatic N) is 1. The SMILES string of the molecule is Cc1ccnc(NC2CCCCC2Cl)c1Br. The van der Waals surface area contributed by atoms with Crippen molar-refractivity contribution in [1.29, 1.82) is 0 Å². The predicted molar refractivity (Wildman–Crippen MR) is 72.2 cm³/mol. The molecule has 0 spiro atoms. The molecule has 1 aliphatic carbocycles. The molecule has 0 amide bonds. The van der Waals surface area contributed by atoms with E-state index in [9.17, 15) is 0 Å². The van der Waals surface area contributed by atoms with Crippen LogP contribution in [-0.2, 0) is 0 Å². The summed E-state index contributed by atoms with van der Waals surface area (Å²) in [5.41, 5.74) is 1.19. The number of alkyl halides is 1. The molecule has 0 saturated heterocycles. The molecular formula is C12H16BrClN2. The van der Waals surface area contributed by atoms with Gasteiger partial charge in [0.05, 0.1) is 9.85 Å². The second-order valence-corrected chi connectivity index (χ2v) is 5.70. The Hall–Kier alpha value is -0.280. The lowest BCUT2D eigenvalue weighted by Crippen LogP contribution is -2.33. The van der Waals surface area contributed by atoms with Gasteiger partial charge >= 0.3 is 0 Å². The molecule has 1 heterocycles. The Bertz CT molecular complexity index is 370. The van der Waals surface area contributed by atoms with Gasteiger partial charge in [-0.3, -0.25) is 0 Å². The van der Waals surface area contributed by atoms with E-state index in [1.54, 1.807) is 0 Å². The lowest BCUT2D eigenvalue weighted by molar-refractivity contribution is 0.468. The molecule has 2 rings (SSSR count). The number of rotatable bonds is 2. The van der Waals surface area contributed by atoms with Crippen LogP contribution in [0.5, 0.6) is 0 Å². The van der Waals surface area contributed by atoms with Crippen LogP contribution in [0.1, 0.15) is 31.2 Å². The summed E-state index contributed by atoms with van der Waals surface area (Å²) in [7, 11) is 0. The minimum Gasteiger partial charge on any atom is -0.365 e. The molecular weight excluding hydrogens is 288 g/mol. The van der Waals surface area contributed by atoms with E-state index >= 15 is 0 Å². The van der Waals surface area contributed by atoms with Gasteiger partial charge in [-0.05, 0) is 47.3 Å². The number of hydrogen-bond donors (Lipinski definition) is 1. The molecule has 0 aliphatic heterocycles. The second-order valence-electron chi connectivity index (χ2n) is 4.34. The summed E-state index contributed by atoms with van der Waals surface area (Å²) in [6.07, 6.45) is 6.56. The molecule has 1 saturated carbocycles. The fourth-order valence-electron chi connectivity index (χ4n) is 2.06. The molecule has 2 nitrogen and oxygen atoms in total. The molecule has 1 aliphatic rings. The summed E-state index contributed by atoms with van der Waals surface area (Å²) in [4.78, 5) is 4.35. The van der Waals surface area contributed by atoms with Crippen molar-refractivity contribution in [2.45, 2.75) is 44.0 Å². The third kappa shape index (κ3) is 2.69. The summed E-state index contributed by atoms with van der Waals surface area (Å²) in [6.45, 7) is 2.07. The first-order valence-electron chi connectivity index (χ1n) is 5.70. The van der Waals surface area contributed by atoms with Gasteiger partial charge in [0.2, 0.25) is 0 Å². The molecule has 1 fully saturated rings. The normalized spacial score (nSPS) is 25.4. The molecule has 4 heteroatoms. The predicted octanol–water partition coefficient (Wildman–Crippen LogP) is 4.11. The zero-order valence-corrected chi connectivity index (χ0v) is 11.7. The van der Waals surface area contributed by atoms with Gasteiger partial charge in [0.15, 0.2) is 0 Å². The molecule has 1 aromatic rings. The van der Waals surface area contributed by atoms with E-state index in [2.05, 4.69) is 33.2 Å². The van der Waals surface area contributed by atoms with Gasteiger partial charge in [0, 0.05) is 12.2 Å². The molecule has 16 heavy (non-hydrogen) atoms. The molecule has 0 aromatic carbocycles. The number of hydrogen-bond acceptors (Lipinski definition) is 2. The van der Waals surface area contributed by atoms with Gasteiger partial charge in [-0.2, -0.15) is 0 Å². The van der Waals surface area contributed by atoms with Crippen LogP contribution < -0.4 is 5.32 Å². The number of nitrogens with one attached hydrogen (secondary N) is 1. The highest BCUT2D eigenvalue weighted by atomic mass is 79.9. The zero-order chi connectivity index (χ0) is 11.5.